The third-order valence-electron chi connectivity index (χ3n) is 5.59. The number of ether oxygens (including phenoxy) is 1. The molecule has 2 heterocycles. The highest BCUT2D eigenvalue weighted by Crippen LogP contribution is 2.33. The van der Waals surface area contributed by atoms with Gasteiger partial charge in [-0.3, -0.25) is 9.69 Å². The zero-order chi connectivity index (χ0) is 20.3. The summed E-state index contributed by atoms with van der Waals surface area (Å²) in [6, 6.07) is -0.858. The number of carbonyl (C=O) groups excluding carboxylic acids is 1. The van der Waals surface area contributed by atoms with Crippen molar-refractivity contribution in [3.8, 4) is 0 Å². The molecular formula is C18H32Cl2N2O4S. The average molecular weight is 443 g/mol. The van der Waals surface area contributed by atoms with Crippen molar-refractivity contribution in [1.82, 2.24) is 10.2 Å². The highest BCUT2D eigenvalue weighted by Gasteiger charge is 2.48. The SMILES string of the molecule is CCC[C@@H]1C[C@@H](C(=O)N[C@@H]([C@H]2O[C@H](SC)[C@@H](Cl)[C@@H](O)[C@H]2O)[C@H](C)Cl)N(C)C1. The monoisotopic (exact) mass is 442 g/mol. The first kappa shape index (κ1) is 23.5. The summed E-state index contributed by atoms with van der Waals surface area (Å²) in [5, 5.41) is 22.5. The van der Waals surface area contributed by atoms with Gasteiger partial charge in [0.1, 0.15) is 23.7 Å². The first-order valence-corrected chi connectivity index (χ1v) is 11.7. The molecule has 158 valence electrons. The van der Waals surface area contributed by atoms with Crippen molar-refractivity contribution in [3.63, 3.8) is 0 Å². The lowest BCUT2D eigenvalue weighted by Crippen LogP contribution is -2.64. The molecule has 1 amide bonds. The van der Waals surface area contributed by atoms with Crippen molar-refractivity contribution >= 4 is 40.9 Å². The van der Waals surface area contributed by atoms with Gasteiger partial charge in [-0.2, -0.15) is 0 Å². The zero-order valence-electron chi connectivity index (χ0n) is 16.3. The summed E-state index contributed by atoms with van der Waals surface area (Å²) in [4.78, 5) is 15.0. The fraction of sp³-hybridized carbons (Fsp3) is 0.944. The Labute approximate surface area is 176 Å². The van der Waals surface area contributed by atoms with E-state index in [1.54, 1.807) is 6.92 Å². The number of thioether (sulfide) groups is 1. The van der Waals surface area contributed by atoms with E-state index in [4.69, 9.17) is 27.9 Å². The van der Waals surface area contributed by atoms with Crippen LogP contribution in [0.5, 0.6) is 0 Å². The number of hydrogen-bond donors (Lipinski definition) is 3. The van der Waals surface area contributed by atoms with Crippen LogP contribution in [0, 0.1) is 5.92 Å². The topological polar surface area (TPSA) is 82.0 Å². The maximum atomic E-state index is 12.9. The summed E-state index contributed by atoms with van der Waals surface area (Å²) in [5.74, 6) is 0.395. The van der Waals surface area contributed by atoms with Crippen LogP contribution in [-0.4, -0.2) is 87.5 Å². The molecule has 3 N–H and O–H groups in total. The molecule has 0 unspecified atom stereocenters. The highest BCUT2D eigenvalue weighted by molar-refractivity contribution is 7.99. The summed E-state index contributed by atoms with van der Waals surface area (Å²) >= 11 is 13.9. The van der Waals surface area contributed by atoms with Gasteiger partial charge in [0.25, 0.3) is 0 Å². The number of nitrogens with one attached hydrogen (secondary N) is 1. The molecule has 0 aromatic rings. The van der Waals surface area contributed by atoms with Gasteiger partial charge in [-0.05, 0) is 39.0 Å². The standard InChI is InChI=1S/C18H32Cl2N2O4S/c1-5-6-10-7-11(22(3)8-10)17(25)21-13(9(2)19)16-15(24)14(23)12(20)18(26-16)27-4/h9-16,18,23-24H,5-8H2,1-4H3,(H,21,25)/t9-,10+,11-,12-,13+,14+,15+,16+,18+/m0/s1. The Balaban J connectivity index is 2.09. The van der Waals surface area contributed by atoms with Gasteiger partial charge in [-0.25, -0.2) is 0 Å². The second kappa shape index (κ2) is 10.3. The van der Waals surface area contributed by atoms with Gasteiger partial charge in [0.2, 0.25) is 5.91 Å². The van der Waals surface area contributed by atoms with Crippen LogP contribution < -0.4 is 5.32 Å². The van der Waals surface area contributed by atoms with Crippen LogP contribution in [0.3, 0.4) is 0 Å². The smallest absolute Gasteiger partial charge is 0.237 e. The summed E-state index contributed by atoms with van der Waals surface area (Å²) in [7, 11) is 1.95. The summed E-state index contributed by atoms with van der Waals surface area (Å²) in [6.45, 7) is 4.79. The Morgan fingerprint density at radius 1 is 1.41 bits per heavy atom. The van der Waals surface area contributed by atoms with Gasteiger partial charge in [0, 0.05) is 6.54 Å². The predicted molar refractivity (Wildman–Crippen MR) is 111 cm³/mol. The number of likely N-dealkylation sites (tertiary alicyclic amines) is 1. The molecule has 2 fully saturated rings. The summed E-state index contributed by atoms with van der Waals surface area (Å²) in [6.07, 6.45) is 1.63. The fourth-order valence-corrected chi connectivity index (χ4v) is 5.47. The Morgan fingerprint density at radius 3 is 2.63 bits per heavy atom. The molecule has 2 aliphatic heterocycles. The quantitative estimate of drug-likeness (QED) is 0.519. The predicted octanol–water partition coefficient (Wildman–Crippen LogP) is 1.64. The van der Waals surface area contributed by atoms with E-state index in [2.05, 4.69) is 17.1 Å². The molecule has 0 aliphatic carbocycles. The average Bonchev–Trinajstić information content (AvgIpc) is 2.99. The van der Waals surface area contributed by atoms with E-state index in [0.717, 1.165) is 25.8 Å². The second-order valence-electron chi connectivity index (χ2n) is 7.69. The first-order chi connectivity index (χ1) is 12.7. The highest BCUT2D eigenvalue weighted by atomic mass is 35.5. The van der Waals surface area contributed by atoms with Crippen LogP contribution in [0.25, 0.3) is 0 Å². The molecule has 9 heteroatoms. The van der Waals surface area contributed by atoms with Crippen LogP contribution >= 0.6 is 35.0 Å². The van der Waals surface area contributed by atoms with Crippen molar-refractivity contribution in [2.24, 2.45) is 5.92 Å². The molecule has 9 atom stereocenters. The van der Waals surface area contributed by atoms with Crippen molar-refractivity contribution in [2.75, 3.05) is 19.8 Å². The number of aliphatic hydroxyl groups is 2. The molecular weight excluding hydrogens is 411 g/mol. The van der Waals surface area contributed by atoms with E-state index >= 15 is 0 Å². The number of nitrogens with zero attached hydrogens (tertiary/aromatic N) is 1. The zero-order valence-corrected chi connectivity index (χ0v) is 18.7. The number of halogens is 2. The van der Waals surface area contributed by atoms with E-state index in [0.29, 0.717) is 5.92 Å². The molecule has 0 spiro atoms. The Morgan fingerprint density at radius 2 is 2.07 bits per heavy atom. The summed E-state index contributed by atoms with van der Waals surface area (Å²) in [5.41, 5.74) is -0.493. The van der Waals surface area contributed by atoms with E-state index in [1.807, 2.05) is 13.3 Å². The van der Waals surface area contributed by atoms with Gasteiger partial charge >= 0.3 is 0 Å². The number of likely N-dealkylation sites (N-methyl/N-ethyl adjacent to an activating group) is 1. The van der Waals surface area contributed by atoms with Crippen LogP contribution in [0.1, 0.15) is 33.1 Å². The van der Waals surface area contributed by atoms with Gasteiger partial charge in [-0.1, -0.05) is 13.3 Å². The number of aliphatic hydroxyl groups excluding tert-OH is 2. The first-order valence-electron chi connectivity index (χ1n) is 9.54. The molecule has 2 aliphatic rings. The molecule has 0 saturated carbocycles. The largest absolute Gasteiger partial charge is 0.389 e. The van der Waals surface area contributed by atoms with Crippen LogP contribution in [0.2, 0.25) is 0 Å². The number of hydrogen-bond acceptors (Lipinski definition) is 6. The molecule has 0 bridgehead atoms. The van der Waals surface area contributed by atoms with E-state index in [1.165, 1.54) is 11.8 Å². The minimum Gasteiger partial charge on any atom is -0.389 e. The molecule has 2 saturated heterocycles. The van der Waals surface area contributed by atoms with Gasteiger partial charge in [-0.15, -0.1) is 35.0 Å². The minimum absolute atomic E-state index is 0.118. The lowest BCUT2D eigenvalue weighted by molar-refractivity contribution is -0.156. The maximum absolute atomic E-state index is 12.9. The minimum atomic E-state index is -1.23. The molecule has 0 aromatic carbocycles. The Kier molecular flexibility index (Phi) is 8.99. The van der Waals surface area contributed by atoms with Crippen molar-refractivity contribution in [2.45, 2.75) is 79.7 Å². The molecule has 0 aromatic heterocycles. The lowest BCUT2D eigenvalue weighted by atomic mass is 9.93. The van der Waals surface area contributed by atoms with Crippen molar-refractivity contribution in [1.29, 1.82) is 0 Å². The fourth-order valence-electron chi connectivity index (χ4n) is 4.08. The maximum Gasteiger partial charge on any atom is 0.237 e. The Hall–Kier alpha value is 0.240. The summed E-state index contributed by atoms with van der Waals surface area (Å²) < 4.78 is 5.91. The number of amides is 1. The third-order valence-corrected chi connectivity index (χ3v) is 7.37. The van der Waals surface area contributed by atoms with Crippen molar-refractivity contribution in [3.05, 3.63) is 0 Å². The van der Waals surface area contributed by atoms with E-state index in [9.17, 15) is 15.0 Å². The number of alkyl halides is 2. The molecule has 6 nitrogen and oxygen atoms in total. The van der Waals surface area contributed by atoms with Crippen LogP contribution in [0.4, 0.5) is 0 Å². The van der Waals surface area contributed by atoms with E-state index in [-0.39, 0.29) is 11.9 Å². The molecule has 0 radical (unpaired) electrons. The number of carbonyl (C=O) groups is 1. The lowest BCUT2D eigenvalue weighted by Gasteiger charge is -2.44. The second-order valence-corrected chi connectivity index (χ2v) is 9.82. The third kappa shape index (κ3) is 5.44. The van der Waals surface area contributed by atoms with Crippen LogP contribution in [-0.2, 0) is 9.53 Å². The van der Waals surface area contributed by atoms with Crippen molar-refractivity contribution < 1.29 is 19.7 Å². The number of rotatable bonds is 7. The van der Waals surface area contributed by atoms with Crippen LogP contribution in [0.15, 0.2) is 0 Å². The van der Waals surface area contributed by atoms with Gasteiger partial charge in [0.05, 0.1) is 22.8 Å². The Bertz CT molecular complexity index is 500. The molecule has 27 heavy (non-hydrogen) atoms. The molecule has 2 rings (SSSR count). The van der Waals surface area contributed by atoms with Gasteiger partial charge in [0.15, 0.2) is 0 Å². The van der Waals surface area contributed by atoms with Gasteiger partial charge < -0.3 is 20.3 Å². The van der Waals surface area contributed by atoms with E-state index < -0.39 is 40.5 Å². The normalized spacial score (nSPS) is 39.9.